The smallest absolute Gasteiger partial charge is 0.184 e. The number of phenols is 1. The standard InChI is InChI=1S/C33H22ClFN4OS/c34-22-13-16-27-29(18-22)41-33(36-27)37-32(30-25-9-5-4-6-20(25)12-17-28(30)40)26-19-39(24-7-2-1-3-8-24)38-31(26)21-10-14-23(35)15-11-21/h1-19,32,40H,(H,36,37). The van der Waals surface area contributed by atoms with Gasteiger partial charge in [0.25, 0.3) is 0 Å². The van der Waals surface area contributed by atoms with Crippen LogP contribution >= 0.6 is 22.9 Å². The van der Waals surface area contributed by atoms with Crippen LogP contribution in [0.2, 0.25) is 5.02 Å². The van der Waals surface area contributed by atoms with Crippen molar-refractivity contribution in [1.29, 1.82) is 0 Å². The van der Waals surface area contributed by atoms with E-state index in [1.165, 1.54) is 23.5 Å². The Kier molecular flexibility index (Phi) is 6.38. The summed E-state index contributed by atoms with van der Waals surface area (Å²) in [6.45, 7) is 0. The van der Waals surface area contributed by atoms with E-state index in [2.05, 4.69) is 5.32 Å². The number of thiazole rings is 1. The molecule has 1 atom stereocenters. The highest BCUT2D eigenvalue weighted by Gasteiger charge is 2.27. The summed E-state index contributed by atoms with van der Waals surface area (Å²) >= 11 is 7.74. The molecule has 0 aliphatic carbocycles. The fraction of sp³-hybridized carbons (Fsp3) is 0.0303. The first-order valence-corrected chi connectivity index (χ1v) is 14.2. The molecule has 0 amide bonds. The highest BCUT2D eigenvalue weighted by molar-refractivity contribution is 7.22. The number of nitrogens with zero attached hydrogens (tertiary/aromatic N) is 3. The number of hydrogen-bond donors (Lipinski definition) is 2. The van der Waals surface area contributed by atoms with Crippen LogP contribution in [0, 0.1) is 5.82 Å². The van der Waals surface area contributed by atoms with Crippen LogP contribution in [0.3, 0.4) is 0 Å². The normalized spacial score (nSPS) is 12.1. The molecular formula is C33H22ClFN4OS. The zero-order valence-electron chi connectivity index (χ0n) is 21.5. The lowest BCUT2D eigenvalue weighted by atomic mass is 9.91. The van der Waals surface area contributed by atoms with Crippen molar-refractivity contribution in [1.82, 2.24) is 14.8 Å². The molecule has 0 aliphatic rings. The molecule has 0 saturated heterocycles. The van der Waals surface area contributed by atoms with Crippen molar-refractivity contribution in [2.24, 2.45) is 0 Å². The molecule has 8 heteroatoms. The first-order valence-electron chi connectivity index (χ1n) is 13.0. The van der Waals surface area contributed by atoms with Crippen molar-refractivity contribution >= 4 is 49.1 Å². The van der Waals surface area contributed by atoms with Crippen LogP contribution in [0.15, 0.2) is 115 Å². The lowest BCUT2D eigenvalue weighted by Crippen LogP contribution is -2.13. The van der Waals surface area contributed by atoms with Gasteiger partial charge in [0.2, 0.25) is 0 Å². The summed E-state index contributed by atoms with van der Waals surface area (Å²) in [5.74, 6) is -0.185. The SMILES string of the molecule is Oc1ccc2ccccc2c1C(Nc1nc2ccc(Cl)cc2s1)c1cn(-c2ccccc2)nc1-c1ccc(F)cc1. The van der Waals surface area contributed by atoms with Gasteiger partial charge in [-0.15, -0.1) is 0 Å². The van der Waals surface area contributed by atoms with Gasteiger partial charge in [-0.3, -0.25) is 0 Å². The molecule has 200 valence electrons. The zero-order valence-corrected chi connectivity index (χ0v) is 23.1. The summed E-state index contributed by atoms with van der Waals surface area (Å²) in [5.41, 5.74) is 4.58. The third-order valence-electron chi connectivity index (χ3n) is 7.05. The highest BCUT2D eigenvalue weighted by Crippen LogP contribution is 2.42. The van der Waals surface area contributed by atoms with Crippen molar-refractivity contribution < 1.29 is 9.50 Å². The van der Waals surface area contributed by atoms with Gasteiger partial charge in [-0.2, -0.15) is 5.10 Å². The van der Waals surface area contributed by atoms with Gasteiger partial charge in [-0.05, 0) is 71.4 Å². The second kappa shape index (κ2) is 10.4. The number of phenolic OH excluding ortho intramolecular Hbond substituents is 1. The molecule has 0 saturated carbocycles. The van der Waals surface area contributed by atoms with E-state index in [4.69, 9.17) is 21.7 Å². The Morgan fingerprint density at radius 3 is 2.49 bits per heavy atom. The number of para-hydroxylation sites is 1. The second-order valence-corrected chi connectivity index (χ2v) is 11.1. The molecule has 0 aliphatic heterocycles. The van der Waals surface area contributed by atoms with Crippen molar-refractivity contribution in [3.8, 4) is 22.7 Å². The minimum atomic E-state index is -0.561. The van der Waals surface area contributed by atoms with Crippen LogP contribution in [-0.4, -0.2) is 19.9 Å². The van der Waals surface area contributed by atoms with E-state index >= 15 is 0 Å². The van der Waals surface area contributed by atoms with Gasteiger partial charge >= 0.3 is 0 Å². The summed E-state index contributed by atoms with van der Waals surface area (Å²) in [7, 11) is 0. The van der Waals surface area contributed by atoms with E-state index in [0.29, 0.717) is 21.4 Å². The zero-order chi connectivity index (χ0) is 27.9. The number of hydrogen-bond acceptors (Lipinski definition) is 5. The van der Waals surface area contributed by atoms with Crippen molar-refractivity contribution in [3.05, 3.63) is 137 Å². The molecule has 2 aromatic heterocycles. The van der Waals surface area contributed by atoms with E-state index in [1.54, 1.807) is 18.2 Å². The van der Waals surface area contributed by atoms with E-state index in [0.717, 1.165) is 37.8 Å². The molecule has 0 spiro atoms. The Morgan fingerprint density at radius 2 is 1.66 bits per heavy atom. The van der Waals surface area contributed by atoms with E-state index in [9.17, 15) is 9.50 Å². The highest BCUT2D eigenvalue weighted by atomic mass is 35.5. The number of anilines is 1. The predicted molar refractivity (Wildman–Crippen MR) is 165 cm³/mol. The van der Waals surface area contributed by atoms with E-state index in [-0.39, 0.29) is 11.6 Å². The Hall–Kier alpha value is -4.72. The van der Waals surface area contributed by atoms with Crippen LogP contribution < -0.4 is 5.32 Å². The molecule has 0 radical (unpaired) electrons. The lowest BCUT2D eigenvalue weighted by Gasteiger charge is -2.22. The van der Waals surface area contributed by atoms with Crippen molar-refractivity contribution in [2.75, 3.05) is 5.32 Å². The van der Waals surface area contributed by atoms with Crippen LogP contribution in [0.25, 0.3) is 37.9 Å². The average Bonchev–Trinajstić information content (AvgIpc) is 3.61. The number of nitrogens with one attached hydrogen (secondary N) is 1. The second-order valence-electron chi connectivity index (χ2n) is 9.65. The third kappa shape index (κ3) is 4.79. The molecule has 5 nitrogen and oxygen atoms in total. The number of halogens is 2. The van der Waals surface area contributed by atoms with Crippen molar-refractivity contribution in [2.45, 2.75) is 6.04 Å². The minimum Gasteiger partial charge on any atom is -0.508 e. The molecule has 41 heavy (non-hydrogen) atoms. The molecule has 5 aromatic carbocycles. The van der Waals surface area contributed by atoms with E-state index < -0.39 is 6.04 Å². The van der Waals surface area contributed by atoms with Gasteiger partial charge in [0.05, 0.1) is 27.6 Å². The molecule has 0 bridgehead atoms. The van der Waals surface area contributed by atoms with Crippen LogP contribution in [0.4, 0.5) is 9.52 Å². The Labute approximate surface area is 244 Å². The molecule has 0 fully saturated rings. The van der Waals surface area contributed by atoms with Crippen LogP contribution in [0.5, 0.6) is 5.75 Å². The Bertz CT molecular complexity index is 2020. The van der Waals surface area contributed by atoms with Gasteiger partial charge < -0.3 is 10.4 Å². The summed E-state index contributed by atoms with van der Waals surface area (Å²) in [5, 5.41) is 23.1. The maximum Gasteiger partial charge on any atom is 0.184 e. The van der Waals surface area contributed by atoms with Gasteiger partial charge in [0.1, 0.15) is 11.6 Å². The lowest BCUT2D eigenvalue weighted by molar-refractivity contribution is 0.468. The number of benzene rings is 5. The van der Waals surface area contributed by atoms with Gasteiger partial charge in [-0.25, -0.2) is 14.1 Å². The first-order chi connectivity index (χ1) is 20.0. The molecular weight excluding hydrogens is 555 g/mol. The monoisotopic (exact) mass is 576 g/mol. The van der Waals surface area contributed by atoms with Gasteiger partial charge in [0, 0.05) is 27.9 Å². The Balaban J connectivity index is 1.48. The quantitative estimate of drug-likeness (QED) is 0.207. The molecule has 2 heterocycles. The third-order valence-corrected chi connectivity index (χ3v) is 8.23. The molecule has 1 unspecified atom stereocenters. The summed E-state index contributed by atoms with van der Waals surface area (Å²) in [6, 6.07) is 32.7. The average molecular weight is 577 g/mol. The molecule has 7 rings (SSSR count). The Morgan fingerprint density at radius 1 is 0.878 bits per heavy atom. The maximum atomic E-state index is 14.0. The minimum absolute atomic E-state index is 0.142. The maximum absolute atomic E-state index is 14.0. The molecule has 2 N–H and O–H groups in total. The largest absolute Gasteiger partial charge is 0.508 e. The van der Waals surface area contributed by atoms with Crippen LogP contribution in [-0.2, 0) is 0 Å². The predicted octanol–water partition coefficient (Wildman–Crippen LogP) is 9.00. The van der Waals surface area contributed by atoms with Crippen molar-refractivity contribution in [3.63, 3.8) is 0 Å². The first kappa shape index (κ1) is 25.3. The number of aromatic nitrogens is 3. The molecule has 7 aromatic rings. The summed E-state index contributed by atoms with van der Waals surface area (Å²) < 4.78 is 16.7. The summed E-state index contributed by atoms with van der Waals surface area (Å²) in [4.78, 5) is 4.82. The van der Waals surface area contributed by atoms with Gasteiger partial charge in [-0.1, -0.05) is 71.5 Å². The van der Waals surface area contributed by atoms with Gasteiger partial charge in [0.15, 0.2) is 5.13 Å². The topological polar surface area (TPSA) is 63.0 Å². The fourth-order valence-electron chi connectivity index (χ4n) is 5.12. The van der Waals surface area contributed by atoms with Crippen LogP contribution in [0.1, 0.15) is 17.2 Å². The number of rotatable bonds is 6. The van der Waals surface area contributed by atoms with E-state index in [1.807, 2.05) is 89.7 Å². The number of aromatic hydroxyl groups is 1. The fourth-order valence-corrected chi connectivity index (χ4v) is 6.29. The summed E-state index contributed by atoms with van der Waals surface area (Å²) in [6.07, 6.45) is 1.96. The number of fused-ring (bicyclic) bond motifs is 2.